The molecule has 41 nitrogen and oxygen atoms in total. The Morgan fingerprint density at radius 1 is 0.435 bits per heavy atom. The summed E-state index contributed by atoms with van der Waals surface area (Å²) in [7, 11) is 1.93. The molecule has 6 aliphatic rings. The van der Waals surface area contributed by atoms with Crippen LogP contribution in [0.1, 0.15) is 197 Å². The van der Waals surface area contributed by atoms with Crippen LogP contribution in [0, 0.1) is 63.9 Å². The molecule has 0 unspecified atom stereocenters. The number of nitrogens with one attached hydrogen (secondary N) is 2. The van der Waals surface area contributed by atoms with Gasteiger partial charge in [0.15, 0.2) is 86.3 Å². The van der Waals surface area contributed by atoms with E-state index >= 15 is 0 Å². The fraction of sp³-hybridized carbons (Fsp3) is 0.376. The van der Waals surface area contributed by atoms with Gasteiger partial charge in [0.25, 0.3) is 0 Å². The zero-order chi connectivity index (χ0) is 103. The lowest BCUT2D eigenvalue weighted by molar-refractivity contribution is 0.00751. The van der Waals surface area contributed by atoms with E-state index in [0.29, 0.717) is 132 Å². The molecule has 0 radical (unpaired) electrons. The highest BCUT2D eigenvalue weighted by molar-refractivity contribution is 5.75. The molecular weight excluding hydrogens is 1890 g/mol. The first-order chi connectivity index (χ1) is 70.5. The Labute approximate surface area is 837 Å². The molecule has 15 aromatic heterocycles. The number of aliphatic hydroxyl groups is 2. The molecule has 3 aliphatic carbocycles. The molecule has 25 rings (SSSR count). The summed E-state index contributed by atoms with van der Waals surface area (Å²) in [6.07, 6.45) is 18.4. The van der Waals surface area contributed by atoms with Crippen molar-refractivity contribution in [3.63, 3.8) is 0 Å². The molecular formula is C101H112F5N37O4. The van der Waals surface area contributed by atoms with Crippen LogP contribution in [-0.2, 0) is 7.05 Å². The van der Waals surface area contributed by atoms with Gasteiger partial charge in [-0.25, -0.2) is 105 Å². The maximum absolute atomic E-state index is 13.6. The van der Waals surface area contributed by atoms with E-state index in [0.717, 1.165) is 148 Å². The Balaban J connectivity index is 0.000000107. The number of hydrogen-bond acceptors (Lipinski definition) is 34. The smallest absolute Gasteiger partial charge is 0.248 e. The molecule has 6 fully saturated rings. The van der Waals surface area contributed by atoms with Gasteiger partial charge in [0, 0.05) is 127 Å². The minimum atomic E-state index is -2.62. The first-order valence-electron chi connectivity index (χ1n) is 48.8. The minimum Gasteiger partial charge on any atom is -0.443 e. The summed E-state index contributed by atoms with van der Waals surface area (Å²) in [5, 5.41) is 58.7. The fourth-order valence-corrected chi connectivity index (χ4v) is 19.8. The van der Waals surface area contributed by atoms with Crippen LogP contribution in [0.15, 0.2) is 155 Å². The molecule has 3 aliphatic heterocycles. The summed E-state index contributed by atoms with van der Waals surface area (Å²) in [6.45, 7) is 22.4. The molecule has 0 amide bonds. The Bertz CT molecular complexity index is 7890. The number of oxazole rings is 2. The summed E-state index contributed by atoms with van der Waals surface area (Å²) < 4.78 is 89.7. The number of nitrogens with zero attached hydrogens (tertiary/aromatic N) is 29. The topological polar surface area (TPSA) is 552 Å². The normalized spacial score (nSPS) is 19.1. The molecule has 16 N–H and O–H groups in total. The number of nitrogens with two attached hydrogens (primary N) is 6. The monoisotopic (exact) mass is 2000 g/mol. The molecule has 3 saturated heterocycles. The van der Waals surface area contributed by atoms with Crippen LogP contribution in [-0.4, -0.2) is 204 Å². The van der Waals surface area contributed by atoms with E-state index in [4.69, 9.17) is 58.3 Å². The van der Waals surface area contributed by atoms with Crippen LogP contribution in [0.5, 0.6) is 0 Å². The van der Waals surface area contributed by atoms with Crippen molar-refractivity contribution in [1.82, 2.24) is 148 Å². The van der Waals surface area contributed by atoms with Gasteiger partial charge in [0.2, 0.25) is 35.5 Å². The predicted octanol–water partition coefficient (Wildman–Crippen LogP) is 13.9. The van der Waals surface area contributed by atoms with Gasteiger partial charge in [0.1, 0.15) is 41.4 Å². The van der Waals surface area contributed by atoms with Gasteiger partial charge in [-0.05, 0) is 181 Å². The van der Waals surface area contributed by atoms with E-state index in [9.17, 15) is 32.2 Å². The van der Waals surface area contributed by atoms with Crippen LogP contribution in [0.3, 0.4) is 0 Å². The summed E-state index contributed by atoms with van der Waals surface area (Å²) in [5.74, 6) is 4.00. The molecule has 760 valence electrons. The number of alkyl halides is 2. The van der Waals surface area contributed by atoms with Crippen LogP contribution < -0.4 is 49.9 Å². The van der Waals surface area contributed by atoms with Crippen LogP contribution in [0.2, 0.25) is 0 Å². The number of aromatic nitrogens is 28. The second kappa shape index (κ2) is 39.8. The molecule has 0 spiro atoms. The Morgan fingerprint density at radius 2 is 0.864 bits per heavy atom. The summed E-state index contributed by atoms with van der Waals surface area (Å²) in [6, 6.07) is 30.2. The van der Waals surface area contributed by atoms with Crippen molar-refractivity contribution in [2.24, 2.45) is 18.9 Å². The summed E-state index contributed by atoms with van der Waals surface area (Å²) >= 11 is 0. The van der Waals surface area contributed by atoms with Crippen molar-refractivity contribution in [2.75, 3.05) is 78.6 Å². The van der Waals surface area contributed by atoms with Crippen molar-refractivity contribution in [2.45, 2.75) is 186 Å². The highest BCUT2D eigenvalue weighted by atomic mass is 19.3. The lowest BCUT2D eigenvalue weighted by Crippen LogP contribution is -2.34. The SMILES string of the molecule is Cc1c(-c2cccc(F)c2)nc(N)c2nc([C@@H]3C[C@H]3C(C)(C)O)nn12.Cc1c(-c2cccc(F)c2)nc(N)c2nc([C@H]3C[C@@H]3C(C)(C)O)nn12.Cc1c(-c2cccc(F)c2)nc(N)n2nc([C@@H]3CCCNC3)nc12.Cc1c(-c2ncco2)nc(N)c2nc([C@@H]3CCCN(c4cnn(C)c4)C3)nn12.Cc1c(-c2ncco2)nc(N)n2nc([C@@H]3CCCNC3)nc12.Nc1nc(-c2ccccc2)cc2nc([C@H]3CCC(F)(F)C3)nn12. The van der Waals surface area contributed by atoms with E-state index in [-0.39, 0.29) is 101 Å². The van der Waals surface area contributed by atoms with Gasteiger partial charge in [-0.1, -0.05) is 66.7 Å². The number of fused-ring (bicyclic) bond motifs is 6. The van der Waals surface area contributed by atoms with Crippen molar-refractivity contribution >= 4 is 74.9 Å². The number of anilines is 7. The van der Waals surface area contributed by atoms with Gasteiger partial charge < -0.3 is 69.0 Å². The van der Waals surface area contributed by atoms with E-state index < -0.39 is 17.1 Å². The number of hydrogen-bond donors (Lipinski definition) is 10. The first kappa shape index (κ1) is 98.3. The molecule has 8 atom stereocenters. The van der Waals surface area contributed by atoms with Crippen molar-refractivity contribution in [1.29, 1.82) is 0 Å². The maximum Gasteiger partial charge on any atom is 0.248 e. The second-order valence-corrected chi connectivity index (χ2v) is 39.3. The number of aryl methyl sites for hydroxylation is 6. The van der Waals surface area contributed by atoms with Crippen molar-refractivity contribution in [3.8, 4) is 68.2 Å². The molecule has 18 heterocycles. The van der Waals surface area contributed by atoms with Gasteiger partial charge in [-0.2, -0.15) is 33.9 Å². The highest BCUT2D eigenvalue weighted by Crippen LogP contribution is 2.54. The van der Waals surface area contributed by atoms with Crippen LogP contribution >= 0.6 is 0 Å². The average Bonchev–Trinajstić information content (AvgIpc) is 1.58. The summed E-state index contributed by atoms with van der Waals surface area (Å²) in [5.41, 5.74) is 50.0. The second-order valence-electron chi connectivity index (χ2n) is 39.3. The van der Waals surface area contributed by atoms with Crippen molar-refractivity contribution < 1.29 is 41.0 Å². The lowest BCUT2D eigenvalue weighted by atomic mass is 9.97. The third-order valence-corrected chi connectivity index (χ3v) is 27.7. The van der Waals surface area contributed by atoms with E-state index in [1.807, 2.05) is 95.1 Å². The fourth-order valence-electron chi connectivity index (χ4n) is 19.8. The first-order valence-corrected chi connectivity index (χ1v) is 48.8. The number of benzene rings is 4. The van der Waals surface area contributed by atoms with Crippen LogP contribution in [0.25, 0.3) is 102 Å². The van der Waals surface area contributed by atoms with E-state index in [2.05, 4.69) is 106 Å². The van der Waals surface area contributed by atoms with Gasteiger partial charge in [-0.3, -0.25) is 4.68 Å². The minimum absolute atomic E-state index is 0.115. The third kappa shape index (κ3) is 20.5. The van der Waals surface area contributed by atoms with Crippen LogP contribution in [0.4, 0.5) is 62.9 Å². The third-order valence-electron chi connectivity index (χ3n) is 27.7. The van der Waals surface area contributed by atoms with Gasteiger partial charge >= 0.3 is 0 Å². The van der Waals surface area contributed by atoms with E-state index in [1.165, 1.54) is 53.4 Å². The molecule has 0 bridgehead atoms. The molecule has 3 saturated carbocycles. The number of halogens is 5. The zero-order valence-electron chi connectivity index (χ0n) is 82.5. The standard InChI is InChI=1S/2C18H20FN5O.C18H21N9O.C17H19FN6.C16H15F2N5.C14H17N7O/c2*1-9-14(10-5-4-6-11(19)7-10)21-15(20)17-22-16(23-24(9)17)12-8-13(12)18(2,3)25;1-11-14(18-20-5-7-28-18)22-15(19)17-23-16(24-27(11)17)12-4-3-6-26(9-12)13-8-21-25(2)10-13;1-10-14(11-4-2-6-13(18)8-11)21-17(19)24-16(10)22-15(23-24)12-5-3-7-20-9-12;17-16(18)7-6-11(9-16)14-21-13-8-12(10-4-2-1-3-5-10)20-15(19)23(13)22-14;1-8-10(13-17-5-6-22-13)18-14(15)21-12(8)19-11(20-21)9-3-2-4-16-7-9/h2*4-7,12-13,25H,8H2,1-3H3,(H2,20,21);5,7-8,10,12H,3-4,6,9H2,1-2H3,(H2,19,22);2,4,6,8,12,20H,3,5,7,9H2,1H3,(H2,19,21);1-5,8,11H,6-7,9H2,(H2,19,20);5-6,9,16H,2-4,7H2,1H3,(H2,15,18)/t2*12-,13-;2*12-;11-;9-/m101101/s1. The Kier molecular flexibility index (Phi) is 26.6. The molecule has 147 heavy (non-hydrogen) atoms. The van der Waals surface area contributed by atoms with E-state index in [1.54, 1.807) is 99.1 Å². The van der Waals surface area contributed by atoms with Gasteiger partial charge in [-0.15, -0.1) is 15.3 Å². The number of nitrogen functional groups attached to an aromatic ring is 6. The number of rotatable bonds is 15. The highest BCUT2D eigenvalue weighted by Gasteiger charge is 2.52. The number of piperidine rings is 3. The lowest BCUT2D eigenvalue weighted by Gasteiger charge is -2.32. The molecule has 19 aromatic rings. The average molecular weight is 2000 g/mol. The molecule has 46 heteroatoms. The largest absolute Gasteiger partial charge is 0.443 e. The molecule has 4 aromatic carbocycles. The van der Waals surface area contributed by atoms with Crippen molar-refractivity contribution in [3.05, 3.63) is 227 Å². The quantitative estimate of drug-likeness (QED) is 0.0426. The Hall–Kier alpha value is -16.1. The Morgan fingerprint density at radius 3 is 1.33 bits per heavy atom. The summed E-state index contributed by atoms with van der Waals surface area (Å²) in [4.78, 5) is 64.6. The predicted molar refractivity (Wildman–Crippen MR) is 540 cm³/mol. The van der Waals surface area contributed by atoms with Gasteiger partial charge in [0.05, 0.1) is 75.3 Å². The maximum atomic E-state index is 13.6. The zero-order valence-corrected chi connectivity index (χ0v) is 82.5.